The van der Waals surface area contributed by atoms with E-state index >= 15 is 0 Å². The van der Waals surface area contributed by atoms with E-state index in [9.17, 15) is 0 Å². The molecule has 1 nitrogen and oxygen atoms in total. The molecule has 0 spiro atoms. The van der Waals surface area contributed by atoms with E-state index in [1.54, 1.807) is 0 Å². The van der Waals surface area contributed by atoms with E-state index in [2.05, 4.69) is 55.6 Å². The molecular formula is C13H17NS. The predicted molar refractivity (Wildman–Crippen MR) is 68.7 cm³/mol. The van der Waals surface area contributed by atoms with Crippen LogP contribution >= 0.6 is 11.8 Å². The lowest BCUT2D eigenvalue weighted by Gasteiger charge is -2.17. The number of hydrogen-bond acceptors (Lipinski definition) is 2. The Balaban J connectivity index is 2.35. The molecule has 1 aliphatic carbocycles. The monoisotopic (exact) mass is 219 g/mol. The van der Waals surface area contributed by atoms with Gasteiger partial charge in [0.25, 0.3) is 0 Å². The number of thioether (sulfide) groups is 1. The molecule has 1 heterocycles. The average molecular weight is 219 g/mol. The molecule has 2 rings (SSSR count). The molecule has 0 aromatic heterocycles. The maximum Gasteiger partial charge on any atom is 0.0543 e. The van der Waals surface area contributed by atoms with Gasteiger partial charge in [-0.3, -0.25) is 0 Å². The van der Waals surface area contributed by atoms with E-state index in [1.165, 1.54) is 16.8 Å². The van der Waals surface area contributed by atoms with Crippen molar-refractivity contribution in [1.82, 2.24) is 4.90 Å². The number of rotatable bonds is 2. The maximum atomic E-state index is 2.34. The van der Waals surface area contributed by atoms with Crippen molar-refractivity contribution in [1.29, 1.82) is 0 Å². The van der Waals surface area contributed by atoms with Crippen molar-refractivity contribution in [2.45, 2.75) is 18.6 Å². The van der Waals surface area contributed by atoms with Gasteiger partial charge in [0.15, 0.2) is 0 Å². The van der Waals surface area contributed by atoms with E-state index in [-0.39, 0.29) is 0 Å². The molecule has 0 N–H and O–H groups in total. The number of fused-ring (bicyclic) bond motifs is 1. The Hall–Kier alpha value is -0.890. The Morgan fingerprint density at radius 1 is 1.40 bits per heavy atom. The summed E-state index contributed by atoms with van der Waals surface area (Å²) in [4.78, 5) is 2.20. The van der Waals surface area contributed by atoms with Gasteiger partial charge in [-0.05, 0) is 23.0 Å². The van der Waals surface area contributed by atoms with E-state index in [0.29, 0.717) is 5.25 Å². The molecule has 0 fully saturated rings. The van der Waals surface area contributed by atoms with Gasteiger partial charge >= 0.3 is 0 Å². The second-order valence-corrected chi connectivity index (χ2v) is 5.05. The van der Waals surface area contributed by atoms with Gasteiger partial charge in [-0.2, -0.15) is 0 Å². The molecule has 15 heavy (non-hydrogen) atoms. The normalized spacial score (nSPS) is 23.9. The van der Waals surface area contributed by atoms with Gasteiger partial charge in [0, 0.05) is 19.8 Å². The van der Waals surface area contributed by atoms with Crippen LogP contribution in [0.3, 0.4) is 0 Å². The third kappa shape index (κ3) is 2.05. The van der Waals surface area contributed by atoms with Crippen molar-refractivity contribution < 1.29 is 0 Å². The minimum Gasteiger partial charge on any atom is -0.377 e. The third-order valence-corrected chi connectivity index (χ3v) is 3.82. The van der Waals surface area contributed by atoms with Crippen LogP contribution in [0.5, 0.6) is 0 Å². The van der Waals surface area contributed by atoms with Crippen molar-refractivity contribution in [3.8, 4) is 0 Å². The summed E-state index contributed by atoms with van der Waals surface area (Å²) in [5, 5.41) is 2.78. The standard InChI is InChI=1S/C13H17NS/c1-4-10-6-5-7-13-11(8-10)12(9-15-13)14(2)3/h5-9,13H,4H2,1-3H3. The molecular weight excluding hydrogens is 202 g/mol. The van der Waals surface area contributed by atoms with Crippen molar-refractivity contribution in [3.63, 3.8) is 0 Å². The van der Waals surface area contributed by atoms with Gasteiger partial charge in [-0.1, -0.05) is 31.2 Å². The van der Waals surface area contributed by atoms with Crippen LogP contribution in [-0.4, -0.2) is 24.2 Å². The lowest BCUT2D eigenvalue weighted by Crippen LogP contribution is -2.14. The van der Waals surface area contributed by atoms with Crippen LogP contribution < -0.4 is 0 Å². The van der Waals surface area contributed by atoms with Crippen LogP contribution in [0, 0.1) is 0 Å². The first-order valence-corrected chi connectivity index (χ1v) is 6.29. The third-order valence-electron chi connectivity index (χ3n) is 2.76. The fraction of sp³-hybridized carbons (Fsp3) is 0.385. The molecule has 0 bridgehead atoms. The SMILES string of the molecule is CCC1=CC=CC2SC=C(N(C)C)C2=C1. The second kappa shape index (κ2) is 4.31. The summed E-state index contributed by atoms with van der Waals surface area (Å²) < 4.78 is 0. The highest BCUT2D eigenvalue weighted by Gasteiger charge is 2.24. The molecule has 1 aliphatic heterocycles. The van der Waals surface area contributed by atoms with Crippen molar-refractivity contribution in [2.75, 3.05) is 14.1 Å². The van der Waals surface area contributed by atoms with Crippen LogP contribution in [0.25, 0.3) is 0 Å². The first-order valence-electron chi connectivity index (χ1n) is 5.34. The van der Waals surface area contributed by atoms with Gasteiger partial charge in [0.05, 0.1) is 5.25 Å². The number of likely N-dealkylation sites (N-methyl/N-ethyl adjacent to an activating group) is 1. The Bertz CT molecular complexity index is 372. The summed E-state index contributed by atoms with van der Waals surface area (Å²) in [5.41, 5.74) is 4.22. The van der Waals surface area contributed by atoms with Crippen LogP contribution in [-0.2, 0) is 0 Å². The van der Waals surface area contributed by atoms with Gasteiger partial charge in [-0.25, -0.2) is 0 Å². The van der Waals surface area contributed by atoms with Crippen molar-refractivity contribution in [2.24, 2.45) is 0 Å². The quantitative estimate of drug-likeness (QED) is 0.701. The molecule has 0 aromatic carbocycles. The molecule has 2 heteroatoms. The molecule has 80 valence electrons. The van der Waals surface area contributed by atoms with Crippen LogP contribution in [0.15, 0.2) is 46.6 Å². The predicted octanol–water partition coefficient (Wildman–Crippen LogP) is 3.34. The largest absolute Gasteiger partial charge is 0.377 e. The van der Waals surface area contributed by atoms with Crippen LogP contribution in [0.2, 0.25) is 0 Å². The molecule has 0 aromatic rings. The lowest BCUT2D eigenvalue weighted by molar-refractivity contribution is 0.523. The molecule has 0 saturated heterocycles. The first kappa shape index (κ1) is 10.6. The number of allylic oxidation sites excluding steroid dienone is 5. The molecule has 0 saturated carbocycles. The van der Waals surface area contributed by atoms with Crippen LogP contribution in [0.1, 0.15) is 13.3 Å². The second-order valence-electron chi connectivity index (χ2n) is 4.03. The van der Waals surface area contributed by atoms with Gasteiger partial charge in [-0.15, -0.1) is 11.8 Å². The average Bonchev–Trinajstić information content (AvgIpc) is 2.49. The van der Waals surface area contributed by atoms with Gasteiger partial charge in [0.1, 0.15) is 0 Å². The Morgan fingerprint density at radius 3 is 2.87 bits per heavy atom. The summed E-state index contributed by atoms with van der Waals surface area (Å²) in [6, 6.07) is 0. The Labute approximate surface area is 96.2 Å². The van der Waals surface area contributed by atoms with E-state index in [0.717, 1.165) is 6.42 Å². The summed E-state index contributed by atoms with van der Waals surface area (Å²) >= 11 is 1.90. The van der Waals surface area contributed by atoms with Crippen molar-refractivity contribution >= 4 is 11.8 Å². The number of hydrogen-bond donors (Lipinski definition) is 0. The molecule has 2 aliphatic rings. The molecule has 0 radical (unpaired) electrons. The zero-order chi connectivity index (χ0) is 10.8. The maximum absolute atomic E-state index is 2.34. The lowest BCUT2D eigenvalue weighted by atomic mass is 10.1. The Kier molecular flexibility index (Phi) is 3.06. The van der Waals surface area contributed by atoms with Crippen molar-refractivity contribution in [3.05, 3.63) is 46.6 Å². The summed E-state index contributed by atoms with van der Waals surface area (Å²) in [5.74, 6) is 0. The highest BCUT2D eigenvalue weighted by molar-refractivity contribution is 8.03. The molecule has 0 amide bonds. The number of nitrogens with zero attached hydrogens (tertiary/aromatic N) is 1. The highest BCUT2D eigenvalue weighted by atomic mass is 32.2. The zero-order valence-corrected chi connectivity index (χ0v) is 10.3. The molecule has 1 unspecified atom stereocenters. The summed E-state index contributed by atoms with van der Waals surface area (Å²) in [6.45, 7) is 2.21. The summed E-state index contributed by atoms with van der Waals surface area (Å²) in [6.07, 6.45) is 10.1. The van der Waals surface area contributed by atoms with Crippen LogP contribution in [0.4, 0.5) is 0 Å². The minimum absolute atomic E-state index is 0.516. The Morgan fingerprint density at radius 2 is 2.20 bits per heavy atom. The smallest absolute Gasteiger partial charge is 0.0543 e. The van der Waals surface area contributed by atoms with E-state index in [1.807, 2.05) is 11.8 Å². The van der Waals surface area contributed by atoms with Gasteiger partial charge in [0.2, 0.25) is 0 Å². The summed E-state index contributed by atoms with van der Waals surface area (Å²) in [7, 11) is 4.22. The fourth-order valence-corrected chi connectivity index (χ4v) is 2.98. The van der Waals surface area contributed by atoms with Gasteiger partial charge < -0.3 is 4.90 Å². The first-order chi connectivity index (χ1) is 7.22. The van der Waals surface area contributed by atoms with E-state index in [4.69, 9.17) is 0 Å². The zero-order valence-electron chi connectivity index (χ0n) is 9.53. The van der Waals surface area contributed by atoms with E-state index < -0.39 is 0 Å². The highest BCUT2D eigenvalue weighted by Crippen LogP contribution is 2.38. The topological polar surface area (TPSA) is 3.24 Å². The molecule has 1 atom stereocenters. The fourth-order valence-electron chi connectivity index (χ4n) is 1.84. The minimum atomic E-state index is 0.516.